The molecule has 1 N–H and O–H groups in total. The van der Waals surface area contributed by atoms with Crippen LogP contribution in [0, 0.1) is 13.8 Å². The minimum atomic E-state index is 0.735. The van der Waals surface area contributed by atoms with Gasteiger partial charge in [0.15, 0.2) is 0 Å². The predicted octanol–water partition coefficient (Wildman–Crippen LogP) is 2.70. The summed E-state index contributed by atoms with van der Waals surface area (Å²) < 4.78 is 0. The second-order valence-electron chi connectivity index (χ2n) is 4.85. The third-order valence-electron chi connectivity index (χ3n) is 3.64. The Bertz CT molecular complexity index is 398. The third kappa shape index (κ3) is 1.31. The molecular formula is C13H18N2. The maximum absolute atomic E-state index is 3.57. The largest absolute Gasteiger partial charge is 0.381 e. The summed E-state index contributed by atoms with van der Waals surface area (Å²) in [6.45, 7) is 6.76. The summed E-state index contributed by atoms with van der Waals surface area (Å²) in [5, 5.41) is 3.57. The van der Waals surface area contributed by atoms with Crippen molar-refractivity contribution in [1.82, 2.24) is 0 Å². The van der Waals surface area contributed by atoms with Crippen LogP contribution in [0.15, 0.2) is 12.1 Å². The fraction of sp³-hybridized carbons (Fsp3) is 0.538. The molecule has 80 valence electrons. The van der Waals surface area contributed by atoms with E-state index >= 15 is 0 Å². The maximum Gasteiger partial charge on any atom is 0.0635 e. The molecule has 2 aliphatic rings. The van der Waals surface area contributed by atoms with Gasteiger partial charge in [0.1, 0.15) is 0 Å². The van der Waals surface area contributed by atoms with Crippen molar-refractivity contribution < 1.29 is 0 Å². The minimum Gasteiger partial charge on any atom is -0.381 e. The Labute approximate surface area is 91.3 Å². The molecule has 2 heterocycles. The molecule has 15 heavy (non-hydrogen) atoms. The normalized spacial score (nSPS) is 23.3. The quantitative estimate of drug-likeness (QED) is 0.696. The molecule has 3 rings (SSSR count). The summed E-state index contributed by atoms with van der Waals surface area (Å²) in [5.41, 5.74) is 5.57. The van der Waals surface area contributed by atoms with Gasteiger partial charge < -0.3 is 10.2 Å². The number of hydrogen-bond donors (Lipinski definition) is 1. The molecule has 1 saturated heterocycles. The Morgan fingerprint density at radius 3 is 3.07 bits per heavy atom. The van der Waals surface area contributed by atoms with Crippen LogP contribution in [-0.4, -0.2) is 19.1 Å². The number of fused-ring (bicyclic) bond motifs is 3. The van der Waals surface area contributed by atoms with Gasteiger partial charge in [-0.1, -0.05) is 6.07 Å². The molecule has 0 amide bonds. The molecule has 0 saturated carbocycles. The summed E-state index contributed by atoms with van der Waals surface area (Å²) in [6, 6.07) is 5.30. The standard InChI is InChI=1S/C13H18N2/c1-9-6-10(2)13-12(7-9)14-8-11-4-3-5-15(11)13/h6-7,11,14H,3-5,8H2,1-2H3. The topological polar surface area (TPSA) is 15.3 Å². The summed E-state index contributed by atoms with van der Waals surface area (Å²) in [5.74, 6) is 0. The van der Waals surface area contributed by atoms with Crippen molar-refractivity contribution in [3.05, 3.63) is 23.3 Å². The Balaban J connectivity index is 2.12. The maximum atomic E-state index is 3.57. The van der Waals surface area contributed by atoms with Crippen molar-refractivity contribution in [3.63, 3.8) is 0 Å². The van der Waals surface area contributed by atoms with Crippen LogP contribution in [0.1, 0.15) is 24.0 Å². The molecule has 0 aromatic heterocycles. The summed E-state index contributed by atoms with van der Waals surface area (Å²) in [4.78, 5) is 2.60. The Hall–Kier alpha value is -1.18. The molecule has 0 spiro atoms. The first-order valence-electron chi connectivity index (χ1n) is 5.87. The van der Waals surface area contributed by atoms with E-state index in [1.807, 2.05) is 0 Å². The summed E-state index contributed by atoms with van der Waals surface area (Å²) in [7, 11) is 0. The average molecular weight is 202 g/mol. The van der Waals surface area contributed by atoms with Crippen molar-refractivity contribution in [2.45, 2.75) is 32.7 Å². The molecule has 0 radical (unpaired) electrons. The minimum absolute atomic E-state index is 0.735. The van der Waals surface area contributed by atoms with Crippen molar-refractivity contribution in [2.75, 3.05) is 23.3 Å². The second kappa shape index (κ2) is 3.16. The van der Waals surface area contributed by atoms with Gasteiger partial charge in [-0.2, -0.15) is 0 Å². The van der Waals surface area contributed by atoms with Crippen molar-refractivity contribution in [2.24, 2.45) is 0 Å². The van der Waals surface area contributed by atoms with Gasteiger partial charge in [0.25, 0.3) is 0 Å². The lowest BCUT2D eigenvalue weighted by molar-refractivity contribution is 0.681. The van der Waals surface area contributed by atoms with Gasteiger partial charge in [0.2, 0.25) is 0 Å². The molecule has 2 aliphatic heterocycles. The van der Waals surface area contributed by atoms with E-state index in [2.05, 4.69) is 36.2 Å². The average Bonchev–Trinajstić information content (AvgIpc) is 2.63. The lowest BCUT2D eigenvalue weighted by Crippen LogP contribution is -2.39. The highest BCUT2D eigenvalue weighted by Crippen LogP contribution is 2.39. The number of aryl methyl sites for hydroxylation is 2. The van der Waals surface area contributed by atoms with Gasteiger partial charge in [-0.15, -0.1) is 0 Å². The van der Waals surface area contributed by atoms with Gasteiger partial charge in [0, 0.05) is 19.1 Å². The summed E-state index contributed by atoms with van der Waals surface area (Å²) in [6.07, 6.45) is 2.69. The van der Waals surface area contributed by atoms with Crippen LogP contribution in [0.4, 0.5) is 11.4 Å². The smallest absolute Gasteiger partial charge is 0.0635 e. The van der Waals surface area contributed by atoms with Crippen LogP contribution in [0.2, 0.25) is 0 Å². The van der Waals surface area contributed by atoms with Crippen molar-refractivity contribution in [1.29, 1.82) is 0 Å². The zero-order valence-electron chi connectivity index (χ0n) is 9.51. The predicted molar refractivity (Wildman–Crippen MR) is 64.8 cm³/mol. The van der Waals surface area contributed by atoms with Gasteiger partial charge >= 0.3 is 0 Å². The van der Waals surface area contributed by atoms with E-state index < -0.39 is 0 Å². The number of anilines is 2. The molecule has 1 fully saturated rings. The van der Waals surface area contributed by atoms with Crippen LogP contribution in [0.5, 0.6) is 0 Å². The number of benzene rings is 1. The molecule has 1 aromatic carbocycles. The van der Waals surface area contributed by atoms with Crippen LogP contribution in [-0.2, 0) is 0 Å². The zero-order chi connectivity index (χ0) is 10.4. The van der Waals surface area contributed by atoms with Gasteiger partial charge in [-0.3, -0.25) is 0 Å². The highest BCUT2D eigenvalue weighted by Gasteiger charge is 2.30. The van der Waals surface area contributed by atoms with Gasteiger partial charge in [0.05, 0.1) is 11.4 Å². The molecule has 2 nitrogen and oxygen atoms in total. The third-order valence-corrected chi connectivity index (χ3v) is 3.64. The van der Waals surface area contributed by atoms with Crippen LogP contribution >= 0.6 is 0 Å². The molecule has 0 bridgehead atoms. The lowest BCUT2D eigenvalue weighted by atomic mass is 10.0. The summed E-state index contributed by atoms with van der Waals surface area (Å²) >= 11 is 0. The van der Waals surface area contributed by atoms with Gasteiger partial charge in [-0.25, -0.2) is 0 Å². The number of hydrogen-bond acceptors (Lipinski definition) is 2. The van der Waals surface area contributed by atoms with E-state index in [1.165, 1.54) is 41.9 Å². The monoisotopic (exact) mass is 202 g/mol. The van der Waals surface area contributed by atoms with E-state index in [-0.39, 0.29) is 0 Å². The first kappa shape index (κ1) is 9.08. The number of rotatable bonds is 0. The van der Waals surface area contributed by atoms with E-state index in [4.69, 9.17) is 0 Å². The van der Waals surface area contributed by atoms with Crippen LogP contribution in [0.25, 0.3) is 0 Å². The number of nitrogens with one attached hydrogen (secondary N) is 1. The molecular weight excluding hydrogens is 184 g/mol. The van der Waals surface area contributed by atoms with E-state index in [9.17, 15) is 0 Å². The SMILES string of the molecule is Cc1cc(C)c2c(c1)NCC1CCCN21. The van der Waals surface area contributed by atoms with Crippen molar-refractivity contribution >= 4 is 11.4 Å². The Morgan fingerprint density at radius 1 is 1.33 bits per heavy atom. The molecule has 1 atom stereocenters. The van der Waals surface area contributed by atoms with Crippen LogP contribution in [0.3, 0.4) is 0 Å². The Morgan fingerprint density at radius 2 is 2.20 bits per heavy atom. The Kier molecular flexibility index (Phi) is 1.91. The highest BCUT2D eigenvalue weighted by atomic mass is 15.2. The van der Waals surface area contributed by atoms with E-state index in [0.29, 0.717) is 0 Å². The lowest BCUT2D eigenvalue weighted by Gasteiger charge is -2.36. The van der Waals surface area contributed by atoms with Gasteiger partial charge in [-0.05, 0) is 43.9 Å². The fourth-order valence-electron chi connectivity index (χ4n) is 3.05. The molecule has 1 aromatic rings. The number of nitrogens with zero attached hydrogens (tertiary/aromatic N) is 1. The van der Waals surface area contributed by atoms with Crippen molar-refractivity contribution in [3.8, 4) is 0 Å². The van der Waals surface area contributed by atoms with E-state index in [1.54, 1.807) is 0 Å². The zero-order valence-corrected chi connectivity index (χ0v) is 9.51. The second-order valence-corrected chi connectivity index (χ2v) is 4.85. The highest BCUT2D eigenvalue weighted by molar-refractivity contribution is 5.77. The van der Waals surface area contributed by atoms with Crippen LogP contribution < -0.4 is 10.2 Å². The fourth-order valence-corrected chi connectivity index (χ4v) is 3.05. The molecule has 0 aliphatic carbocycles. The molecule has 2 heteroatoms. The first-order valence-corrected chi connectivity index (χ1v) is 5.87. The molecule has 1 unspecified atom stereocenters. The van der Waals surface area contributed by atoms with E-state index in [0.717, 1.165) is 12.6 Å². The first-order chi connectivity index (χ1) is 7.25.